The van der Waals surface area contributed by atoms with Gasteiger partial charge in [0.05, 0.1) is 5.69 Å². The van der Waals surface area contributed by atoms with Gasteiger partial charge in [0.2, 0.25) is 0 Å². The topological polar surface area (TPSA) is 52.7 Å². The van der Waals surface area contributed by atoms with Crippen LogP contribution in [0.1, 0.15) is 18.9 Å². The lowest BCUT2D eigenvalue weighted by Crippen LogP contribution is -2.45. The first-order valence-electron chi connectivity index (χ1n) is 6.71. The second-order valence-electron chi connectivity index (χ2n) is 5.01. The lowest BCUT2D eigenvalue weighted by atomic mass is 10.1. The van der Waals surface area contributed by atoms with Crippen LogP contribution < -0.4 is 5.73 Å². The normalized spacial score (nSPS) is 18.1. The Morgan fingerprint density at radius 3 is 2.44 bits per heavy atom. The van der Waals surface area contributed by atoms with Crippen LogP contribution in [0.3, 0.4) is 0 Å². The molecule has 4 nitrogen and oxygen atoms in total. The summed E-state index contributed by atoms with van der Waals surface area (Å²) in [7, 11) is 0. The summed E-state index contributed by atoms with van der Waals surface area (Å²) in [4.78, 5) is 4.96. The Morgan fingerprint density at radius 2 is 1.83 bits per heavy atom. The van der Waals surface area contributed by atoms with Crippen molar-refractivity contribution in [1.82, 2.24) is 9.80 Å². The van der Waals surface area contributed by atoms with Gasteiger partial charge in [0.25, 0.3) is 0 Å². The fourth-order valence-electron chi connectivity index (χ4n) is 2.45. The number of nitrogen functional groups attached to an aromatic ring is 1. The number of benzene rings is 1. The van der Waals surface area contributed by atoms with E-state index in [2.05, 4.69) is 16.7 Å². The van der Waals surface area contributed by atoms with E-state index in [0.29, 0.717) is 5.69 Å². The molecule has 3 N–H and O–H groups in total. The van der Waals surface area contributed by atoms with Crippen LogP contribution in [0.15, 0.2) is 18.2 Å². The summed E-state index contributed by atoms with van der Waals surface area (Å²) < 4.78 is 0. The monoisotopic (exact) mass is 249 g/mol. The van der Waals surface area contributed by atoms with Crippen LogP contribution in [0.2, 0.25) is 0 Å². The van der Waals surface area contributed by atoms with Crippen molar-refractivity contribution in [3.63, 3.8) is 0 Å². The predicted molar refractivity (Wildman–Crippen MR) is 74.5 cm³/mol. The van der Waals surface area contributed by atoms with Gasteiger partial charge in [-0.15, -0.1) is 0 Å². The fraction of sp³-hybridized carbons (Fsp3) is 0.571. The number of hydrogen-bond acceptors (Lipinski definition) is 4. The molecule has 0 spiro atoms. The molecule has 1 saturated heterocycles. The molecule has 2 rings (SSSR count). The molecule has 18 heavy (non-hydrogen) atoms. The molecule has 0 aliphatic carbocycles. The third kappa shape index (κ3) is 3.37. The summed E-state index contributed by atoms with van der Waals surface area (Å²) >= 11 is 0. The summed E-state index contributed by atoms with van der Waals surface area (Å²) in [6, 6.07) is 5.50. The molecule has 1 aliphatic heterocycles. The highest BCUT2D eigenvalue weighted by Gasteiger charge is 2.16. The van der Waals surface area contributed by atoms with Crippen LogP contribution in [-0.2, 0) is 6.54 Å². The molecular weight excluding hydrogens is 226 g/mol. The quantitative estimate of drug-likeness (QED) is 0.627. The molecule has 0 atom stereocenters. The number of aromatic hydroxyl groups is 1. The number of hydrogen-bond donors (Lipinski definition) is 2. The van der Waals surface area contributed by atoms with Crippen molar-refractivity contribution in [3.05, 3.63) is 23.8 Å². The summed E-state index contributed by atoms with van der Waals surface area (Å²) in [6.45, 7) is 8.89. The van der Waals surface area contributed by atoms with Gasteiger partial charge in [-0.2, -0.15) is 0 Å². The van der Waals surface area contributed by atoms with Gasteiger partial charge in [-0.3, -0.25) is 4.90 Å². The lowest BCUT2D eigenvalue weighted by Gasteiger charge is -2.34. The molecule has 0 amide bonds. The maximum Gasteiger partial charge on any atom is 0.138 e. The highest BCUT2D eigenvalue weighted by Crippen LogP contribution is 2.21. The van der Waals surface area contributed by atoms with Gasteiger partial charge < -0.3 is 15.7 Å². The summed E-state index contributed by atoms with van der Waals surface area (Å²) in [6.07, 6.45) is 1.23. The first-order valence-corrected chi connectivity index (χ1v) is 6.71. The third-order valence-electron chi connectivity index (χ3n) is 3.50. The highest BCUT2D eigenvalue weighted by molar-refractivity contribution is 5.53. The van der Waals surface area contributed by atoms with Gasteiger partial charge in [-0.1, -0.05) is 13.0 Å². The minimum Gasteiger partial charge on any atom is -0.506 e. The van der Waals surface area contributed by atoms with Crippen molar-refractivity contribution in [2.45, 2.75) is 19.9 Å². The van der Waals surface area contributed by atoms with Crippen molar-refractivity contribution in [3.8, 4) is 5.75 Å². The van der Waals surface area contributed by atoms with Crippen molar-refractivity contribution < 1.29 is 5.11 Å². The van der Waals surface area contributed by atoms with E-state index in [9.17, 15) is 5.11 Å². The Hall–Kier alpha value is -1.26. The van der Waals surface area contributed by atoms with Gasteiger partial charge >= 0.3 is 0 Å². The number of rotatable bonds is 4. The number of anilines is 1. The summed E-state index contributed by atoms with van der Waals surface area (Å²) in [5.74, 6) is 0.173. The number of phenols is 1. The van der Waals surface area contributed by atoms with Crippen molar-refractivity contribution in [2.24, 2.45) is 0 Å². The van der Waals surface area contributed by atoms with Gasteiger partial charge in [0, 0.05) is 32.7 Å². The van der Waals surface area contributed by atoms with Gasteiger partial charge in [-0.05, 0) is 30.7 Å². The molecule has 100 valence electrons. The van der Waals surface area contributed by atoms with Crippen LogP contribution in [0.25, 0.3) is 0 Å². The molecular formula is C14H23N3O. The molecule has 1 aliphatic rings. The Morgan fingerprint density at radius 1 is 1.17 bits per heavy atom. The molecule has 0 radical (unpaired) electrons. The molecule has 0 unspecified atom stereocenters. The van der Waals surface area contributed by atoms with Crippen LogP contribution in [0.4, 0.5) is 5.69 Å². The van der Waals surface area contributed by atoms with Crippen molar-refractivity contribution in [2.75, 3.05) is 38.5 Å². The minimum atomic E-state index is 0.173. The second-order valence-corrected chi connectivity index (χ2v) is 5.01. The standard InChI is InChI=1S/C14H23N3O/c1-2-5-16-6-8-17(9-7-16)11-12-3-4-14(18)13(15)10-12/h3-4,10,18H,2,5-9,11,15H2,1H3. The van der Waals surface area contributed by atoms with E-state index in [4.69, 9.17) is 5.73 Å². The first-order chi connectivity index (χ1) is 8.69. The predicted octanol–water partition coefficient (Wildman–Crippen LogP) is 1.50. The average Bonchev–Trinajstić information content (AvgIpc) is 2.37. The van der Waals surface area contributed by atoms with E-state index in [1.54, 1.807) is 6.07 Å². The van der Waals surface area contributed by atoms with E-state index in [0.717, 1.165) is 32.7 Å². The Kier molecular flexibility index (Phi) is 4.44. The SMILES string of the molecule is CCCN1CCN(Cc2ccc(O)c(N)c2)CC1. The van der Waals surface area contributed by atoms with Gasteiger partial charge in [-0.25, -0.2) is 0 Å². The molecule has 4 heteroatoms. The zero-order chi connectivity index (χ0) is 13.0. The second kappa shape index (κ2) is 6.07. The number of phenolic OH excluding ortho intramolecular Hbond substituents is 1. The number of nitrogens with zero attached hydrogens (tertiary/aromatic N) is 2. The van der Waals surface area contributed by atoms with Crippen LogP contribution in [0, 0.1) is 0 Å². The van der Waals surface area contributed by atoms with Gasteiger partial charge in [0.15, 0.2) is 0 Å². The number of piperazine rings is 1. The van der Waals surface area contributed by atoms with Crippen LogP contribution >= 0.6 is 0 Å². The minimum absolute atomic E-state index is 0.173. The zero-order valence-electron chi connectivity index (χ0n) is 11.1. The van der Waals surface area contributed by atoms with Crippen LogP contribution in [-0.4, -0.2) is 47.6 Å². The van der Waals surface area contributed by atoms with E-state index in [1.165, 1.54) is 18.5 Å². The van der Waals surface area contributed by atoms with E-state index < -0.39 is 0 Å². The smallest absolute Gasteiger partial charge is 0.138 e. The molecule has 1 aromatic rings. The Bertz CT molecular complexity index is 387. The lowest BCUT2D eigenvalue weighted by molar-refractivity contribution is 0.127. The largest absolute Gasteiger partial charge is 0.506 e. The van der Waals surface area contributed by atoms with E-state index >= 15 is 0 Å². The summed E-state index contributed by atoms with van der Waals surface area (Å²) in [5.41, 5.74) is 7.36. The highest BCUT2D eigenvalue weighted by atomic mass is 16.3. The first kappa shape index (κ1) is 13.2. The van der Waals surface area contributed by atoms with E-state index in [1.807, 2.05) is 12.1 Å². The molecule has 0 saturated carbocycles. The molecule has 1 fully saturated rings. The number of nitrogens with two attached hydrogens (primary N) is 1. The maximum absolute atomic E-state index is 9.40. The Labute approximate surface area is 109 Å². The Balaban J connectivity index is 1.85. The van der Waals surface area contributed by atoms with Crippen molar-refractivity contribution in [1.29, 1.82) is 0 Å². The molecule has 1 aromatic carbocycles. The molecule has 1 heterocycles. The van der Waals surface area contributed by atoms with Crippen molar-refractivity contribution >= 4 is 5.69 Å². The molecule has 0 aromatic heterocycles. The van der Waals surface area contributed by atoms with Crippen LogP contribution in [0.5, 0.6) is 5.75 Å². The molecule has 0 bridgehead atoms. The summed E-state index contributed by atoms with van der Waals surface area (Å²) in [5, 5.41) is 9.40. The van der Waals surface area contributed by atoms with Gasteiger partial charge in [0.1, 0.15) is 5.75 Å². The third-order valence-corrected chi connectivity index (χ3v) is 3.50. The maximum atomic E-state index is 9.40. The average molecular weight is 249 g/mol. The zero-order valence-corrected chi connectivity index (χ0v) is 11.1. The van der Waals surface area contributed by atoms with E-state index in [-0.39, 0.29) is 5.75 Å². The fourth-order valence-corrected chi connectivity index (χ4v) is 2.45.